The van der Waals surface area contributed by atoms with E-state index in [4.69, 9.17) is 4.74 Å². The quantitative estimate of drug-likeness (QED) is 0.754. The number of Topliss-reactive ketones (excluding diaryl/α,β-unsaturated/α-hetero) is 1. The molecule has 2 fully saturated rings. The topological polar surface area (TPSA) is 32.8 Å². The highest BCUT2D eigenvalue weighted by molar-refractivity contribution is 5.82. The summed E-state index contributed by atoms with van der Waals surface area (Å²) in [7, 11) is 2.16. The second-order valence-electron chi connectivity index (χ2n) is 6.41. The number of nitrogens with zero attached hydrogens (tertiary/aromatic N) is 2. The van der Waals surface area contributed by atoms with E-state index in [1.54, 1.807) is 0 Å². The van der Waals surface area contributed by atoms with E-state index < -0.39 is 0 Å². The molecule has 0 spiro atoms. The monoisotopic (exact) mass is 268 g/mol. The van der Waals surface area contributed by atoms with Gasteiger partial charge < -0.3 is 9.64 Å². The average molecular weight is 268 g/mol. The highest BCUT2D eigenvalue weighted by Crippen LogP contribution is 2.19. The first-order chi connectivity index (χ1) is 9.04. The van der Waals surface area contributed by atoms with E-state index in [-0.39, 0.29) is 5.92 Å². The lowest BCUT2D eigenvalue weighted by molar-refractivity contribution is -0.124. The molecule has 4 nitrogen and oxygen atoms in total. The number of ketones is 1. The third-order valence-corrected chi connectivity index (χ3v) is 4.29. The molecule has 0 bridgehead atoms. The molecule has 0 N–H and O–H groups in total. The lowest BCUT2D eigenvalue weighted by atomic mass is 10.0. The van der Waals surface area contributed by atoms with Crippen LogP contribution in [0.25, 0.3) is 0 Å². The zero-order chi connectivity index (χ0) is 13.8. The van der Waals surface area contributed by atoms with Gasteiger partial charge in [0.05, 0.1) is 18.8 Å². The molecule has 0 aliphatic carbocycles. The number of likely N-dealkylation sites (N-methyl/N-ethyl adjacent to an activating group) is 1. The Morgan fingerprint density at radius 3 is 2.32 bits per heavy atom. The van der Waals surface area contributed by atoms with Crippen molar-refractivity contribution in [3.63, 3.8) is 0 Å². The van der Waals surface area contributed by atoms with Gasteiger partial charge in [0.15, 0.2) is 0 Å². The van der Waals surface area contributed by atoms with E-state index in [1.165, 1.54) is 6.42 Å². The fourth-order valence-corrected chi connectivity index (χ4v) is 2.88. The highest BCUT2D eigenvalue weighted by Gasteiger charge is 2.27. The zero-order valence-electron chi connectivity index (χ0n) is 12.6. The Balaban J connectivity index is 1.66. The maximum atomic E-state index is 11.7. The van der Waals surface area contributed by atoms with Crippen molar-refractivity contribution in [2.24, 2.45) is 5.92 Å². The van der Waals surface area contributed by atoms with Crippen LogP contribution in [0.5, 0.6) is 0 Å². The predicted octanol–water partition coefficient (Wildman–Crippen LogP) is 1.40. The fourth-order valence-electron chi connectivity index (χ4n) is 2.88. The van der Waals surface area contributed by atoms with Crippen LogP contribution in [0, 0.1) is 5.92 Å². The van der Waals surface area contributed by atoms with E-state index in [2.05, 4.69) is 16.8 Å². The van der Waals surface area contributed by atoms with Crippen LogP contribution in [-0.4, -0.2) is 67.6 Å². The molecule has 0 aromatic carbocycles. The fraction of sp³-hybridized carbons (Fsp3) is 0.933. The van der Waals surface area contributed by atoms with Crippen LogP contribution < -0.4 is 0 Å². The molecule has 2 aliphatic heterocycles. The van der Waals surface area contributed by atoms with E-state index in [1.807, 2.05) is 13.8 Å². The summed E-state index contributed by atoms with van der Waals surface area (Å²) >= 11 is 0. The van der Waals surface area contributed by atoms with Crippen molar-refractivity contribution in [3.05, 3.63) is 0 Å². The van der Waals surface area contributed by atoms with Gasteiger partial charge in [-0.15, -0.1) is 0 Å². The molecule has 19 heavy (non-hydrogen) atoms. The third-order valence-electron chi connectivity index (χ3n) is 4.29. The summed E-state index contributed by atoms with van der Waals surface area (Å²) in [6.45, 7) is 8.83. The number of ether oxygens (including phenoxy) is 1. The first kappa shape index (κ1) is 14.9. The van der Waals surface area contributed by atoms with E-state index >= 15 is 0 Å². The molecule has 0 aromatic rings. The number of hydrogen-bond donors (Lipinski definition) is 0. The Morgan fingerprint density at radius 2 is 1.79 bits per heavy atom. The standard InChI is InChI=1S/C15H28N2O2/c1-12(2)15(18)11-17-8-5-13(6-9-17)19-14-4-7-16(3)10-14/h12-14H,4-11H2,1-3H3. The Bertz CT molecular complexity index is 299. The Kier molecular flexibility index (Phi) is 5.37. The molecule has 110 valence electrons. The summed E-state index contributed by atoms with van der Waals surface area (Å²) < 4.78 is 6.17. The van der Waals surface area contributed by atoms with Crippen LogP contribution in [0.2, 0.25) is 0 Å². The largest absolute Gasteiger partial charge is 0.374 e. The number of carbonyl (C=O) groups is 1. The van der Waals surface area contributed by atoms with Gasteiger partial charge in [-0.25, -0.2) is 0 Å². The summed E-state index contributed by atoms with van der Waals surface area (Å²) in [6, 6.07) is 0. The van der Waals surface area contributed by atoms with Gasteiger partial charge in [0, 0.05) is 32.1 Å². The van der Waals surface area contributed by atoms with E-state index in [0.29, 0.717) is 24.5 Å². The molecule has 0 saturated carbocycles. The minimum Gasteiger partial charge on any atom is -0.374 e. The minimum absolute atomic E-state index is 0.156. The minimum atomic E-state index is 0.156. The molecule has 2 rings (SSSR count). The van der Waals surface area contributed by atoms with Crippen molar-refractivity contribution in [1.29, 1.82) is 0 Å². The molecule has 0 radical (unpaired) electrons. The van der Waals surface area contributed by atoms with Crippen LogP contribution in [0.1, 0.15) is 33.1 Å². The Morgan fingerprint density at radius 1 is 1.16 bits per heavy atom. The van der Waals surface area contributed by atoms with Crippen molar-refractivity contribution < 1.29 is 9.53 Å². The van der Waals surface area contributed by atoms with Crippen LogP contribution in [-0.2, 0) is 9.53 Å². The second-order valence-corrected chi connectivity index (χ2v) is 6.41. The molecular weight excluding hydrogens is 240 g/mol. The summed E-state index contributed by atoms with van der Waals surface area (Å²) in [5.41, 5.74) is 0. The smallest absolute Gasteiger partial charge is 0.149 e. The van der Waals surface area contributed by atoms with Gasteiger partial charge in [0.2, 0.25) is 0 Å². The van der Waals surface area contributed by atoms with Gasteiger partial charge >= 0.3 is 0 Å². The predicted molar refractivity (Wildman–Crippen MR) is 76.3 cm³/mol. The van der Waals surface area contributed by atoms with Gasteiger partial charge in [0.25, 0.3) is 0 Å². The van der Waals surface area contributed by atoms with Gasteiger partial charge in [-0.05, 0) is 26.3 Å². The third kappa shape index (κ3) is 4.55. The summed E-state index contributed by atoms with van der Waals surface area (Å²) in [5, 5.41) is 0. The van der Waals surface area contributed by atoms with Crippen molar-refractivity contribution in [2.45, 2.75) is 45.3 Å². The maximum Gasteiger partial charge on any atom is 0.149 e. The Labute approximate surface area is 117 Å². The molecule has 1 atom stereocenters. The number of rotatable bonds is 5. The first-order valence-corrected chi connectivity index (χ1v) is 7.63. The molecule has 2 heterocycles. The van der Waals surface area contributed by atoms with Gasteiger partial charge in [-0.2, -0.15) is 0 Å². The summed E-state index contributed by atoms with van der Waals surface area (Å²) in [5.74, 6) is 0.514. The van der Waals surface area contributed by atoms with Gasteiger partial charge in [-0.1, -0.05) is 13.8 Å². The Hall–Kier alpha value is -0.450. The van der Waals surface area contributed by atoms with E-state index in [0.717, 1.165) is 39.0 Å². The van der Waals surface area contributed by atoms with Crippen molar-refractivity contribution in [2.75, 3.05) is 39.8 Å². The van der Waals surface area contributed by atoms with Crippen molar-refractivity contribution >= 4 is 5.78 Å². The molecular formula is C15H28N2O2. The number of piperidine rings is 1. The molecule has 2 aliphatic rings. The number of likely N-dealkylation sites (tertiary alicyclic amines) is 2. The first-order valence-electron chi connectivity index (χ1n) is 7.63. The highest BCUT2D eigenvalue weighted by atomic mass is 16.5. The molecule has 4 heteroatoms. The van der Waals surface area contributed by atoms with Gasteiger partial charge in [0.1, 0.15) is 5.78 Å². The van der Waals surface area contributed by atoms with Crippen LogP contribution in [0.15, 0.2) is 0 Å². The summed E-state index contributed by atoms with van der Waals surface area (Å²) in [6.07, 6.45) is 4.15. The summed E-state index contributed by atoms with van der Waals surface area (Å²) in [4.78, 5) is 16.3. The molecule has 0 aromatic heterocycles. The lowest BCUT2D eigenvalue weighted by Crippen LogP contribution is -2.41. The molecule has 0 amide bonds. The normalized spacial score (nSPS) is 27.3. The van der Waals surface area contributed by atoms with Crippen molar-refractivity contribution in [1.82, 2.24) is 9.80 Å². The molecule has 2 saturated heterocycles. The second kappa shape index (κ2) is 6.82. The van der Waals surface area contributed by atoms with Crippen LogP contribution in [0.3, 0.4) is 0 Å². The number of hydrogen-bond acceptors (Lipinski definition) is 4. The van der Waals surface area contributed by atoms with Crippen molar-refractivity contribution in [3.8, 4) is 0 Å². The maximum absolute atomic E-state index is 11.7. The van der Waals surface area contributed by atoms with Gasteiger partial charge in [-0.3, -0.25) is 9.69 Å². The average Bonchev–Trinajstić information content (AvgIpc) is 2.77. The SMILES string of the molecule is CC(C)C(=O)CN1CCC(OC2CCN(C)C2)CC1. The molecule has 1 unspecified atom stereocenters. The van der Waals surface area contributed by atoms with E-state index in [9.17, 15) is 4.79 Å². The lowest BCUT2D eigenvalue weighted by Gasteiger charge is -2.33. The zero-order valence-corrected chi connectivity index (χ0v) is 12.6. The van der Waals surface area contributed by atoms with Crippen LogP contribution in [0.4, 0.5) is 0 Å². The van der Waals surface area contributed by atoms with Crippen LogP contribution >= 0.6 is 0 Å². The number of carbonyl (C=O) groups excluding carboxylic acids is 1.